The van der Waals surface area contributed by atoms with Crippen LogP contribution in [-0.4, -0.2) is 39.4 Å². The van der Waals surface area contributed by atoms with E-state index in [1.54, 1.807) is 6.92 Å². The smallest absolute Gasteiger partial charge is 0.302 e. The molecular formula is C45H63N3O3. The van der Waals surface area contributed by atoms with Gasteiger partial charge in [0.2, 0.25) is 5.91 Å². The van der Waals surface area contributed by atoms with E-state index < -0.39 is 0 Å². The molecule has 1 N–H and O–H groups in total. The molecule has 8 rings (SSSR count). The highest BCUT2D eigenvalue weighted by Gasteiger charge is 2.72. The lowest BCUT2D eigenvalue weighted by molar-refractivity contribution is -0.249. The number of ether oxygens (including phenoxy) is 1. The Kier molecular flexibility index (Phi) is 8.32. The highest BCUT2D eigenvalue weighted by molar-refractivity contribution is 5.84. The van der Waals surface area contributed by atoms with Crippen LogP contribution in [0.5, 0.6) is 0 Å². The highest BCUT2D eigenvalue weighted by Crippen LogP contribution is 2.78. The molecule has 1 saturated heterocycles. The summed E-state index contributed by atoms with van der Waals surface area (Å²) in [5.74, 6) is 3.64. The average Bonchev–Trinajstić information content (AvgIpc) is 3.85. The molecule has 5 saturated carbocycles. The molecule has 6 nitrogen and oxygen atoms in total. The third kappa shape index (κ3) is 4.95. The predicted molar refractivity (Wildman–Crippen MR) is 202 cm³/mol. The molecule has 1 aromatic heterocycles. The molecule has 5 aliphatic carbocycles. The first-order valence-electron chi connectivity index (χ1n) is 20.4. The summed E-state index contributed by atoms with van der Waals surface area (Å²) in [6.07, 6.45) is 15.1. The molecule has 1 amide bonds. The summed E-state index contributed by atoms with van der Waals surface area (Å²) in [6.45, 7) is 22.0. The van der Waals surface area contributed by atoms with Crippen LogP contribution in [0.3, 0.4) is 0 Å². The van der Waals surface area contributed by atoms with E-state index in [4.69, 9.17) is 9.72 Å². The Bertz CT molecular complexity index is 1700. The minimum absolute atomic E-state index is 0.000924. The van der Waals surface area contributed by atoms with Gasteiger partial charge in [0.25, 0.3) is 0 Å². The fourth-order valence-electron chi connectivity index (χ4n) is 14.7. The topological polar surface area (TPSA) is 75.3 Å². The van der Waals surface area contributed by atoms with Crippen molar-refractivity contribution in [1.29, 1.82) is 0 Å². The molecule has 6 aliphatic rings. The second-order valence-corrected chi connectivity index (χ2v) is 19.5. The lowest BCUT2D eigenvalue weighted by atomic mass is 9.32. The molecule has 0 spiro atoms. The Morgan fingerprint density at radius 3 is 2.35 bits per heavy atom. The largest absolute Gasteiger partial charge is 0.462 e. The van der Waals surface area contributed by atoms with Crippen LogP contribution in [-0.2, 0) is 14.3 Å². The average molecular weight is 694 g/mol. The third-order valence-corrected chi connectivity index (χ3v) is 17.2. The first kappa shape index (κ1) is 35.2. The predicted octanol–water partition coefficient (Wildman–Crippen LogP) is 10.3. The number of rotatable bonds is 5. The number of fused-ring (bicyclic) bond motifs is 7. The first-order chi connectivity index (χ1) is 24.2. The second kappa shape index (κ2) is 12.1. The van der Waals surface area contributed by atoms with Crippen LogP contribution in [0.1, 0.15) is 137 Å². The maximum absolute atomic E-state index is 15.4. The number of likely N-dealkylation sites (tertiary alicyclic amines) is 1. The summed E-state index contributed by atoms with van der Waals surface area (Å²) < 4.78 is 5.99. The van der Waals surface area contributed by atoms with Crippen molar-refractivity contribution in [3.05, 3.63) is 54.5 Å². The lowest BCUT2D eigenvalue weighted by Crippen LogP contribution is -2.67. The number of H-pyrrole nitrogens is 1. The van der Waals surface area contributed by atoms with Crippen molar-refractivity contribution in [3.63, 3.8) is 0 Å². The molecule has 2 aromatic rings. The summed E-state index contributed by atoms with van der Waals surface area (Å²) in [6, 6.07) is 10.4. The van der Waals surface area contributed by atoms with Gasteiger partial charge in [0, 0.05) is 18.9 Å². The van der Waals surface area contributed by atoms with Gasteiger partial charge in [-0.15, -0.1) is 0 Å². The standard InChI is InChI=1S/C45H63N3O3/c1-28(2)31-18-23-45(40(50)48-26-12-15-34(48)39-46-27-33(47-39)30-13-10-9-11-14-30)25-24-43(7)32(38(31)45)16-17-36-42(6)21-20-37(51-29(3)49)41(4,5)35(42)19-22-44(36,43)8/h9-11,13-14,27,31-32,34-38H,1,12,15-26H2,2-8H3,(H,46,47)/t31-,32+,34-,35-,36+,37-,38+,42-,43+,44+,45-/m0/s1. The molecule has 2 heterocycles. The van der Waals surface area contributed by atoms with Gasteiger partial charge in [-0.2, -0.15) is 0 Å². The van der Waals surface area contributed by atoms with Crippen molar-refractivity contribution in [2.24, 2.45) is 56.7 Å². The van der Waals surface area contributed by atoms with Crippen LogP contribution in [0, 0.1) is 56.7 Å². The van der Waals surface area contributed by atoms with Crippen LogP contribution in [0.2, 0.25) is 0 Å². The summed E-state index contributed by atoms with van der Waals surface area (Å²) in [5.41, 5.74) is 3.68. The van der Waals surface area contributed by atoms with E-state index in [2.05, 4.69) is 82.3 Å². The first-order valence-corrected chi connectivity index (χ1v) is 20.4. The Morgan fingerprint density at radius 2 is 1.63 bits per heavy atom. The number of carbonyl (C=O) groups excluding carboxylic acids is 2. The number of imidazole rings is 1. The third-order valence-electron chi connectivity index (χ3n) is 17.2. The van der Waals surface area contributed by atoms with Crippen LogP contribution >= 0.6 is 0 Å². The molecule has 0 unspecified atom stereocenters. The fraction of sp³-hybridized carbons (Fsp3) is 0.711. The molecule has 11 atom stereocenters. The molecule has 6 fully saturated rings. The zero-order valence-electron chi connectivity index (χ0n) is 32.5. The fourth-order valence-corrected chi connectivity index (χ4v) is 14.7. The van der Waals surface area contributed by atoms with Crippen LogP contribution in [0.15, 0.2) is 48.7 Å². The zero-order chi connectivity index (χ0) is 36.1. The monoisotopic (exact) mass is 693 g/mol. The van der Waals surface area contributed by atoms with Crippen molar-refractivity contribution in [2.45, 2.75) is 138 Å². The van der Waals surface area contributed by atoms with Crippen molar-refractivity contribution >= 4 is 11.9 Å². The zero-order valence-corrected chi connectivity index (χ0v) is 32.5. The van der Waals surface area contributed by atoms with E-state index in [1.165, 1.54) is 31.3 Å². The van der Waals surface area contributed by atoms with Crippen molar-refractivity contribution < 1.29 is 14.3 Å². The SMILES string of the molecule is C=C(C)[C@@H]1CC[C@]2(C(=O)N3CCC[C@H]3c3ncc(-c4ccccc4)[nH]3)CC[C@]3(C)[C@H](CC[C@@H]4[C@@]5(C)CC[C@H](OC(C)=O)C(C)(C)[C@@H]5CC[C@]43C)[C@@H]12. The minimum atomic E-state index is -0.320. The van der Waals surface area contributed by atoms with Crippen molar-refractivity contribution in [3.8, 4) is 11.3 Å². The Morgan fingerprint density at radius 1 is 0.863 bits per heavy atom. The van der Waals surface area contributed by atoms with Gasteiger partial charge in [0.1, 0.15) is 11.9 Å². The van der Waals surface area contributed by atoms with Crippen LogP contribution in [0.4, 0.5) is 0 Å². The van der Waals surface area contributed by atoms with Gasteiger partial charge in [0.05, 0.1) is 23.3 Å². The van der Waals surface area contributed by atoms with Gasteiger partial charge in [0.15, 0.2) is 0 Å². The van der Waals surface area contributed by atoms with E-state index in [0.29, 0.717) is 35.5 Å². The lowest BCUT2D eigenvalue weighted by Gasteiger charge is -2.73. The number of aromatic nitrogens is 2. The van der Waals surface area contributed by atoms with E-state index in [1.807, 2.05) is 12.3 Å². The number of carbonyl (C=O) groups is 2. The van der Waals surface area contributed by atoms with Gasteiger partial charge in [-0.05, 0) is 135 Å². The second-order valence-electron chi connectivity index (χ2n) is 19.5. The van der Waals surface area contributed by atoms with E-state index in [-0.39, 0.29) is 45.2 Å². The number of hydrogen-bond donors (Lipinski definition) is 1. The number of allylic oxidation sites excluding steroid dienone is 1. The molecule has 0 bridgehead atoms. The maximum atomic E-state index is 15.4. The molecule has 6 heteroatoms. The van der Waals surface area contributed by atoms with Gasteiger partial charge >= 0.3 is 5.97 Å². The summed E-state index contributed by atoms with van der Waals surface area (Å²) in [4.78, 5) is 38.3. The highest BCUT2D eigenvalue weighted by atomic mass is 16.5. The molecule has 1 aliphatic heterocycles. The van der Waals surface area contributed by atoms with Crippen LogP contribution in [0.25, 0.3) is 11.3 Å². The van der Waals surface area contributed by atoms with E-state index in [0.717, 1.165) is 75.0 Å². The quantitative estimate of drug-likeness (QED) is 0.250. The van der Waals surface area contributed by atoms with Crippen molar-refractivity contribution in [1.82, 2.24) is 14.9 Å². The number of esters is 1. The van der Waals surface area contributed by atoms with E-state index in [9.17, 15) is 4.79 Å². The maximum Gasteiger partial charge on any atom is 0.302 e. The number of hydrogen-bond acceptors (Lipinski definition) is 4. The van der Waals surface area contributed by atoms with Gasteiger partial charge in [-0.1, -0.05) is 77.1 Å². The number of nitrogens with one attached hydrogen (secondary N) is 1. The van der Waals surface area contributed by atoms with Crippen molar-refractivity contribution in [2.75, 3.05) is 6.54 Å². The van der Waals surface area contributed by atoms with E-state index >= 15 is 4.79 Å². The molecule has 0 radical (unpaired) electrons. The van der Waals surface area contributed by atoms with Crippen LogP contribution < -0.4 is 0 Å². The number of benzene rings is 1. The van der Waals surface area contributed by atoms with Gasteiger partial charge in [-0.3, -0.25) is 9.59 Å². The number of amides is 1. The Hall–Kier alpha value is -2.89. The summed E-state index contributed by atoms with van der Waals surface area (Å²) in [7, 11) is 0. The molecular weight excluding hydrogens is 631 g/mol. The minimum Gasteiger partial charge on any atom is -0.462 e. The van der Waals surface area contributed by atoms with Gasteiger partial charge < -0.3 is 14.6 Å². The summed E-state index contributed by atoms with van der Waals surface area (Å²) in [5, 5.41) is 0. The normalized spacial score (nSPS) is 42.6. The van der Waals surface area contributed by atoms with Gasteiger partial charge in [-0.25, -0.2) is 4.98 Å². The summed E-state index contributed by atoms with van der Waals surface area (Å²) >= 11 is 0. The molecule has 1 aromatic carbocycles. The number of aromatic amines is 1. The molecule has 51 heavy (non-hydrogen) atoms. The number of nitrogens with zero attached hydrogens (tertiary/aromatic N) is 2. The Labute approximate surface area is 307 Å². The molecule has 276 valence electrons. The Balaban J connectivity index is 1.11.